The number of hydrogen-bond donors (Lipinski definition) is 3. The lowest BCUT2D eigenvalue weighted by Gasteiger charge is -2.20. The Morgan fingerprint density at radius 3 is 3.14 bits per heavy atom. The van der Waals surface area contributed by atoms with Crippen LogP contribution in [0.15, 0.2) is 18.2 Å². The first-order valence-corrected chi connectivity index (χ1v) is 8.13. The summed E-state index contributed by atoms with van der Waals surface area (Å²) in [5.74, 6) is 0.651. The van der Waals surface area contributed by atoms with Crippen LogP contribution in [0.3, 0.4) is 0 Å². The normalized spacial score (nSPS) is 18.6. The summed E-state index contributed by atoms with van der Waals surface area (Å²) in [4.78, 5) is 12.0. The van der Waals surface area contributed by atoms with Gasteiger partial charge in [0.05, 0.1) is 23.8 Å². The fourth-order valence-corrected chi connectivity index (χ4v) is 2.81. The maximum Gasteiger partial charge on any atom is 0.315 e. The van der Waals surface area contributed by atoms with Gasteiger partial charge in [-0.2, -0.15) is 0 Å². The second-order valence-electron chi connectivity index (χ2n) is 5.50. The lowest BCUT2D eigenvalue weighted by atomic mass is 10.0. The van der Waals surface area contributed by atoms with Crippen LogP contribution < -0.4 is 15.4 Å². The molecule has 1 aliphatic heterocycles. The first kappa shape index (κ1) is 16.9. The van der Waals surface area contributed by atoms with Crippen LogP contribution in [0.2, 0.25) is 5.02 Å². The maximum absolute atomic E-state index is 12.0. The predicted octanol–water partition coefficient (Wildman–Crippen LogP) is 3.01. The van der Waals surface area contributed by atoms with Crippen LogP contribution in [0.5, 0.6) is 5.75 Å². The molecule has 1 heterocycles. The lowest BCUT2D eigenvalue weighted by Crippen LogP contribution is -2.41. The summed E-state index contributed by atoms with van der Waals surface area (Å²) in [6, 6.07) is 5.13. The molecule has 2 atom stereocenters. The van der Waals surface area contributed by atoms with Gasteiger partial charge in [-0.05, 0) is 25.3 Å². The van der Waals surface area contributed by atoms with Crippen molar-refractivity contribution in [2.75, 3.05) is 13.2 Å². The standard InChI is InChI=1S/C16H23ClN2O3/c1-2-5-11(20)10-18-16(21)19-14-8-4-9-22-15-12(14)6-3-7-13(15)17/h3,6-7,11,14,20H,2,4-5,8-10H2,1H3,(H2,18,19,21). The molecular formula is C16H23ClN2O3. The van der Waals surface area contributed by atoms with Crippen LogP contribution >= 0.6 is 11.6 Å². The third-order valence-electron chi connectivity index (χ3n) is 3.68. The minimum atomic E-state index is -0.505. The molecule has 0 radical (unpaired) electrons. The van der Waals surface area contributed by atoms with Gasteiger partial charge in [0, 0.05) is 12.1 Å². The average molecular weight is 327 g/mol. The van der Waals surface area contributed by atoms with Gasteiger partial charge in [0.25, 0.3) is 0 Å². The van der Waals surface area contributed by atoms with Gasteiger partial charge < -0.3 is 20.5 Å². The SMILES string of the molecule is CCCC(O)CNC(=O)NC1CCCOc2c(Cl)cccc21. The molecule has 22 heavy (non-hydrogen) atoms. The summed E-state index contributed by atoms with van der Waals surface area (Å²) < 4.78 is 5.68. The number of hydrogen-bond acceptors (Lipinski definition) is 3. The summed E-state index contributed by atoms with van der Waals surface area (Å²) in [5, 5.41) is 15.9. The number of aliphatic hydroxyl groups excluding tert-OH is 1. The van der Waals surface area contributed by atoms with E-state index < -0.39 is 6.10 Å². The molecule has 1 aromatic carbocycles. The average Bonchev–Trinajstić information content (AvgIpc) is 2.69. The second kappa shape index (κ2) is 8.25. The van der Waals surface area contributed by atoms with Crippen molar-refractivity contribution < 1.29 is 14.6 Å². The van der Waals surface area contributed by atoms with Crippen molar-refractivity contribution in [3.63, 3.8) is 0 Å². The van der Waals surface area contributed by atoms with Gasteiger partial charge in [0.15, 0.2) is 0 Å². The van der Waals surface area contributed by atoms with Gasteiger partial charge in [-0.25, -0.2) is 4.79 Å². The minimum absolute atomic E-state index is 0.139. The summed E-state index contributed by atoms with van der Waals surface area (Å²) in [6.45, 7) is 2.84. The van der Waals surface area contributed by atoms with Crippen molar-refractivity contribution in [2.45, 2.75) is 44.8 Å². The third-order valence-corrected chi connectivity index (χ3v) is 3.98. The number of benzene rings is 1. The molecule has 5 nitrogen and oxygen atoms in total. The van der Waals surface area contributed by atoms with Crippen LogP contribution in [-0.2, 0) is 0 Å². The Kier molecular flexibility index (Phi) is 6.34. The summed E-state index contributed by atoms with van der Waals surface area (Å²) in [6.07, 6.45) is 2.69. The number of amides is 2. The van der Waals surface area contributed by atoms with Crippen LogP contribution in [-0.4, -0.2) is 30.4 Å². The zero-order valence-corrected chi connectivity index (χ0v) is 13.5. The van der Waals surface area contributed by atoms with Crippen molar-refractivity contribution in [1.29, 1.82) is 0 Å². The molecule has 0 fully saturated rings. The Hall–Kier alpha value is -1.46. The first-order chi connectivity index (χ1) is 10.6. The van der Waals surface area contributed by atoms with Crippen molar-refractivity contribution in [2.24, 2.45) is 0 Å². The first-order valence-electron chi connectivity index (χ1n) is 7.75. The van der Waals surface area contributed by atoms with E-state index in [1.54, 1.807) is 6.07 Å². The smallest absolute Gasteiger partial charge is 0.315 e. The van der Waals surface area contributed by atoms with Crippen LogP contribution in [0, 0.1) is 0 Å². The van der Waals surface area contributed by atoms with Gasteiger partial charge in [0.1, 0.15) is 5.75 Å². The van der Waals surface area contributed by atoms with Crippen molar-refractivity contribution >= 4 is 17.6 Å². The highest BCUT2D eigenvalue weighted by molar-refractivity contribution is 6.32. The maximum atomic E-state index is 12.0. The molecule has 2 unspecified atom stereocenters. The third kappa shape index (κ3) is 4.52. The van der Waals surface area contributed by atoms with E-state index in [0.717, 1.165) is 24.8 Å². The quantitative estimate of drug-likeness (QED) is 0.779. The molecule has 1 aromatic rings. The number of carbonyl (C=O) groups is 1. The number of urea groups is 1. The van der Waals surface area contributed by atoms with Gasteiger partial charge in [0.2, 0.25) is 0 Å². The number of fused-ring (bicyclic) bond motifs is 1. The topological polar surface area (TPSA) is 70.6 Å². The molecule has 1 aliphatic rings. The molecular weight excluding hydrogens is 304 g/mol. The second-order valence-corrected chi connectivity index (χ2v) is 5.91. The Morgan fingerprint density at radius 1 is 1.55 bits per heavy atom. The Balaban J connectivity index is 1.98. The van der Waals surface area contributed by atoms with E-state index in [4.69, 9.17) is 16.3 Å². The highest BCUT2D eigenvalue weighted by atomic mass is 35.5. The Morgan fingerprint density at radius 2 is 2.36 bits per heavy atom. The van der Waals surface area contributed by atoms with E-state index in [2.05, 4.69) is 10.6 Å². The highest BCUT2D eigenvalue weighted by Crippen LogP contribution is 2.36. The Bertz CT molecular complexity index is 510. The van der Waals surface area contributed by atoms with Crippen LogP contribution in [0.25, 0.3) is 0 Å². The van der Waals surface area contributed by atoms with E-state index in [0.29, 0.717) is 23.8 Å². The number of ether oxygens (including phenoxy) is 1. The monoisotopic (exact) mass is 326 g/mol. The van der Waals surface area contributed by atoms with Crippen molar-refractivity contribution in [3.8, 4) is 5.75 Å². The summed E-state index contributed by atoms with van der Waals surface area (Å²) in [5.41, 5.74) is 0.897. The van der Waals surface area contributed by atoms with Gasteiger partial charge >= 0.3 is 6.03 Å². The van der Waals surface area contributed by atoms with E-state index >= 15 is 0 Å². The number of para-hydroxylation sites is 1. The van der Waals surface area contributed by atoms with E-state index in [1.165, 1.54) is 0 Å². The molecule has 3 N–H and O–H groups in total. The molecule has 2 rings (SSSR count). The molecule has 0 saturated heterocycles. The number of rotatable bonds is 5. The van der Waals surface area contributed by atoms with Gasteiger partial charge in [-0.15, -0.1) is 0 Å². The fourth-order valence-electron chi connectivity index (χ4n) is 2.57. The largest absolute Gasteiger partial charge is 0.492 e. The van der Waals surface area contributed by atoms with Crippen molar-refractivity contribution in [3.05, 3.63) is 28.8 Å². The minimum Gasteiger partial charge on any atom is -0.492 e. The van der Waals surface area contributed by atoms with E-state index in [1.807, 2.05) is 19.1 Å². The summed E-state index contributed by atoms with van der Waals surface area (Å²) >= 11 is 6.17. The lowest BCUT2D eigenvalue weighted by molar-refractivity contribution is 0.160. The van der Waals surface area contributed by atoms with Crippen LogP contribution in [0.4, 0.5) is 4.79 Å². The molecule has 2 amide bonds. The number of nitrogens with one attached hydrogen (secondary N) is 2. The molecule has 0 saturated carbocycles. The van der Waals surface area contributed by atoms with E-state index in [9.17, 15) is 9.90 Å². The highest BCUT2D eigenvalue weighted by Gasteiger charge is 2.23. The number of aliphatic hydroxyl groups is 1. The Labute approximate surface area is 136 Å². The fraction of sp³-hybridized carbons (Fsp3) is 0.562. The molecule has 0 bridgehead atoms. The van der Waals surface area contributed by atoms with Crippen molar-refractivity contribution in [1.82, 2.24) is 10.6 Å². The molecule has 0 aromatic heterocycles. The zero-order chi connectivity index (χ0) is 15.9. The molecule has 0 aliphatic carbocycles. The van der Waals surface area contributed by atoms with Gasteiger partial charge in [-0.1, -0.05) is 37.1 Å². The van der Waals surface area contributed by atoms with Crippen LogP contribution in [0.1, 0.15) is 44.2 Å². The molecule has 6 heteroatoms. The molecule has 122 valence electrons. The number of carbonyl (C=O) groups excluding carboxylic acids is 1. The van der Waals surface area contributed by atoms with Gasteiger partial charge in [-0.3, -0.25) is 0 Å². The zero-order valence-electron chi connectivity index (χ0n) is 12.8. The molecule has 0 spiro atoms. The summed E-state index contributed by atoms with van der Waals surface area (Å²) in [7, 11) is 0. The predicted molar refractivity (Wildman–Crippen MR) is 86.4 cm³/mol. The number of halogens is 1. The van der Waals surface area contributed by atoms with E-state index in [-0.39, 0.29) is 18.6 Å².